The second-order valence-corrected chi connectivity index (χ2v) is 11.3. The zero-order valence-electron chi connectivity index (χ0n) is 20.5. The molecule has 0 unspecified atom stereocenters. The van der Waals surface area contributed by atoms with E-state index in [0.29, 0.717) is 5.41 Å². The molecule has 0 aromatic heterocycles. The summed E-state index contributed by atoms with van der Waals surface area (Å²) in [5.74, 6) is 0. The fraction of sp³-hybridized carbons (Fsp3) is 0.741. The number of carbonyl (C=O) groups is 1. The maximum Gasteiger partial charge on any atom is 0.410 e. The minimum Gasteiger partial charge on any atom is -0.444 e. The summed E-state index contributed by atoms with van der Waals surface area (Å²) in [6.07, 6.45) is 9.89. The number of amides is 1. The lowest BCUT2D eigenvalue weighted by atomic mass is 9.61. The first-order valence-electron chi connectivity index (χ1n) is 12.8. The van der Waals surface area contributed by atoms with Crippen LogP contribution in [0.1, 0.15) is 77.7 Å². The third-order valence-electron chi connectivity index (χ3n) is 8.09. The van der Waals surface area contributed by atoms with Gasteiger partial charge >= 0.3 is 6.09 Å². The first-order chi connectivity index (χ1) is 15.3. The minimum absolute atomic E-state index is 0.141. The maximum absolute atomic E-state index is 12.4. The van der Waals surface area contributed by atoms with Crippen molar-refractivity contribution in [1.29, 1.82) is 0 Å². The zero-order chi connectivity index (χ0) is 22.7. The predicted octanol–water partition coefficient (Wildman–Crippen LogP) is 5.16. The van der Waals surface area contributed by atoms with Crippen LogP contribution >= 0.6 is 0 Å². The number of rotatable bonds is 2. The molecular formula is C27H43N3O2. The third-order valence-corrected chi connectivity index (χ3v) is 8.09. The van der Waals surface area contributed by atoms with Crippen LogP contribution in [0.25, 0.3) is 0 Å². The van der Waals surface area contributed by atoms with Crippen LogP contribution in [0.3, 0.4) is 0 Å². The molecular weight excluding hydrogens is 398 g/mol. The average molecular weight is 442 g/mol. The molecule has 5 nitrogen and oxygen atoms in total. The van der Waals surface area contributed by atoms with Crippen molar-refractivity contribution < 1.29 is 9.53 Å². The number of benzene rings is 1. The van der Waals surface area contributed by atoms with Crippen molar-refractivity contribution >= 4 is 6.09 Å². The van der Waals surface area contributed by atoms with Gasteiger partial charge in [-0.05, 0) is 96.2 Å². The van der Waals surface area contributed by atoms with E-state index in [1.54, 1.807) is 0 Å². The molecule has 1 saturated carbocycles. The predicted molar refractivity (Wildman–Crippen MR) is 130 cm³/mol. The van der Waals surface area contributed by atoms with Gasteiger partial charge in [0, 0.05) is 31.7 Å². The number of carbonyl (C=O) groups excluding carboxylic acids is 1. The smallest absolute Gasteiger partial charge is 0.410 e. The van der Waals surface area contributed by atoms with Gasteiger partial charge < -0.3 is 15.0 Å². The molecule has 1 aromatic rings. The van der Waals surface area contributed by atoms with E-state index in [4.69, 9.17) is 4.74 Å². The summed E-state index contributed by atoms with van der Waals surface area (Å²) in [5.41, 5.74) is 1.76. The Labute approximate surface area is 194 Å². The fourth-order valence-corrected chi connectivity index (χ4v) is 5.64. The Bertz CT molecular complexity index is 728. The number of piperidine rings is 1. The van der Waals surface area contributed by atoms with Gasteiger partial charge in [0.15, 0.2) is 0 Å². The number of hydrogen-bond donors (Lipinski definition) is 1. The molecule has 0 atom stereocenters. The molecule has 1 aliphatic carbocycles. The van der Waals surface area contributed by atoms with Gasteiger partial charge in [-0.1, -0.05) is 30.3 Å². The summed E-state index contributed by atoms with van der Waals surface area (Å²) in [7, 11) is 0. The lowest BCUT2D eigenvalue weighted by molar-refractivity contribution is -0.0515. The molecule has 0 radical (unpaired) electrons. The molecule has 4 fully saturated rings. The monoisotopic (exact) mass is 441 g/mol. The van der Waals surface area contributed by atoms with Gasteiger partial charge in [-0.15, -0.1) is 0 Å². The van der Waals surface area contributed by atoms with E-state index in [1.807, 2.05) is 25.7 Å². The van der Waals surface area contributed by atoms with Crippen molar-refractivity contribution in [3.63, 3.8) is 0 Å². The Morgan fingerprint density at radius 2 is 1.44 bits per heavy atom. The van der Waals surface area contributed by atoms with Gasteiger partial charge in [-0.25, -0.2) is 4.79 Å². The van der Waals surface area contributed by atoms with Crippen LogP contribution in [0, 0.1) is 5.41 Å². The number of ether oxygens (including phenoxy) is 1. The van der Waals surface area contributed by atoms with E-state index >= 15 is 0 Å². The van der Waals surface area contributed by atoms with Gasteiger partial charge in [-0.2, -0.15) is 0 Å². The van der Waals surface area contributed by atoms with E-state index in [0.717, 1.165) is 25.9 Å². The number of nitrogens with zero attached hydrogens (tertiary/aromatic N) is 2. The van der Waals surface area contributed by atoms with Crippen LogP contribution in [-0.4, -0.2) is 60.8 Å². The van der Waals surface area contributed by atoms with Crippen molar-refractivity contribution in [2.75, 3.05) is 39.3 Å². The Morgan fingerprint density at radius 1 is 0.875 bits per heavy atom. The fourth-order valence-electron chi connectivity index (χ4n) is 5.64. The highest BCUT2D eigenvalue weighted by atomic mass is 16.6. The average Bonchev–Trinajstić information content (AvgIpc) is 2.67. The summed E-state index contributed by atoms with van der Waals surface area (Å²) >= 11 is 0. The van der Waals surface area contributed by atoms with Crippen molar-refractivity contribution in [2.45, 2.75) is 83.3 Å². The molecule has 3 saturated heterocycles. The molecule has 5 heteroatoms. The summed E-state index contributed by atoms with van der Waals surface area (Å²) in [5, 5.41) is 3.11. The molecule has 178 valence electrons. The topological polar surface area (TPSA) is 44.8 Å². The van der Waals surface area contributed by atoms with E-state index in [-0.39, 0.29) is 11.6 Å². The zero-order valence-corrected chi connectivity index (χ0v) is 20.5. The maximum atomic E-state index is 12.4. The molecule has 1 aromatic carbocycles. The first kappa shape index (κ1) is 23.6. The summed E-state index contributed by atoms with van der Waals surface area (Å²) in [6, 6.07) is 11.2. The normalized spacial score (nSPS) is 24.5. The third kappa shape index (κ3) is 5.31. The molecule has 3 heterocycles. The van der Waals surface area contributed by atoms with E-state index in [9.17, 15) is 4.79 Å². The highest BCUT2D eigenvalue weighted by molar-refractivity contribution is 5.68. The van der Waals surface area contributed by atoms with Crippen molar-refractivity contribution in [1.82, 2.24) is 15.1 Å². The standard InChI is InChI=1S/C24H36N2O2.C3H7N/c1-22(2,3)28-21(27)25-18-14-23(15-19-25)10-12-24(13-11-23,26-16-7-17-26)20-8-5-4-6-9-20;1-2-4-3-1/h4-6,8-9H,7,10-19H2,1-3H3;4H,1-3H2. The molecule has 1 N–H and O–H groups in total. The number of likely N-dealkylation sites (tertiary alicyclic amines) is 2. The first-order valence-corrected chi connectivity index (χ1v) is 12.8. The van der Waals surface area contributed by atoms with Crippen molar-refractivity contribution in [3.8, 4) is 0 Å². The lowest BCUT2D eigenvalue weighted by Crippen LogP contribution is -2.56. The Morgan fingerprint density at radius 3 is 1.88 bits per heavy atom. The van der Waals surface area contributed by atoms with Gasteiger partial charge in [0.25, 0.3) is 0 Å². The van der Waals surface area contributed by atoms with Gasteiger partial charge in [-0.3, -0.25) is 4.90 Å². The van der Waals surface area contributed by atoms with E-state index < -0.39 is 5.60 Å². The quantitative estimate of drug-likeness (QED) is 0.689. The Hall–Kier alpha value is -1.59. The molecule has 3 aliphatic heterocycles. The molecule has 5 rings (SSSR count). The Balaban J connectivity index is 0.000000552. The van der Waals surface area contributed by atoms with Crippen LogP contribution in [0.4, 0.5) is 4.79 Å². The van der Waals surface area contributed by atoms with E-state index in [2.05, 4.69) is 40.5 Å². The number of hydrogen-bond acceptors (Lipinski definition) is 4. The van der Waals surface area contributed by atoms with Gasteiger partial charge in [0.2, 0.25) is 0 Å². The lowest BCUT2D eigenvalue weighted by Gasteiger charge is -2.56. The van der Waals surface area contributed by atoms with Gasteiger partial charge in [0.05, 0.1) is 0 Å². The minimum atomic E-state index is -0.413. The van der Waals surface area contributed by atoms with Crippen molar-refractivity contribution in [3.05, 3.63) is 35.9 Å². The summed E-state index contributed by atoms with van der Waals surface area (Å²) in [6.45, 7) is 12.5. The Kier molecular flexibility index (Phi) is 7.16. The van der Waals surface area contributed by atoms with Crippen LogP contribution in [-0.2, 0) is 10.3 Å². The molecule has 4 aliphatic rings. The molecule has 1 spiro atoms. The van der Waals surface area contributed by atoms with E-state index in [1.165, 1.54) is 70.3 Å². The summed E-state index contributed by atoms with van der Waals surface area (Å²) < 4.78 is 5.58. The second-order valence-electron chi connectivity index (χ2n) is 11.3. The van der Waals surface area contributed by atoms with Crippen LogP contribution in [0.15, 0.2) is 30.3 Å². The second kappa shape index (κ2) is 9.72. The SMILES string of the molecule is C1CNC1.CC(C)(C)OC(=O)N1CCC2(CC1)CCC(c1ccccc1)(N1CCC1)CC2. The molecule has 32 heavy (non-hydrogen) atoms. The highest BCUT2D eigenvalue weighted by Crippen LogP contribution is 2.53. The van der Waals surface area contributed by atoms with Crippen LogP contribution in [0.2, 0.25) is 0 Å². The van der Waals surface area contributed by atoms with Crippen molar-refractivity contribution in [2.24, 2.45) is 5.41 Å². The molecule has 0 bridgehead atoms. The highest BCUT2D eigenvalue weighted by Gasteiger charge is 2.49. The number of nitrogens with one attached hydrogen (secondary N) is 1. The van der Waals surface area contributed by atoms with Crippen LogP contribution in [0.5, 0.6) is 0 Å². The molecule has 1 amide bonds. The summed E-state index contributed by atoms with van der Waals surface area (Å²) in [4.78, 5) is 17.1. The van der Waals surface area contributed by atoms with Crippen LogP contribution < -0.4 is 5.32 Å². The van der Waals surface area contributed by atoms with Gasteiger partial charge in [0.1, 0.15) is 5.60 Å². The largest absolute Gasteiger partial charge is 0.444 e.